The number of amides is 1. The third kappa shape index (κ3) is 6.71. The van der Waals surface area contributed by atoms with Crippen LogP contribution in [0, 0.1) is 0 Å². The molecule has 2 aromatic carbocycles. The van der Waals surface area contributed by atoms with Gasteiger partial charge in [-0.25, -0.2) is 0 Å². The van der Waals surface area contributed by atoms with E-state index in [1.165, 1.54) is 12.8 Å². The van der Waals surface area contributed by atoms with E-state index in [1.807, 2.05) is 59.5 Å². The van der Waals surface area contributed by atoms with Crippen molar-refractivity contribution in [2.75, 3.05) is 37.7 Å². The molecule has 2 aromatic rings. The third-order valence-corrected chi connectivity index (χ3v) is 5.55. The van der Waals surface area contributed by atoms with Gasteiger partial charge in [0.15, 0.2) is 5.78 Å². The van der Waals surface area contributed by atoms with Crippen LogP contribution < -0.4 is 9.64 Å². The Morgan fingerprint density at radius 1 is 0.935 bits per heavy atom. The Hall–Kier alpha value is -3.08. The van der Waals surface area contributed by atoms with Crippen LogP contribution in [0.5, 0.6) is 5.75 Å². The molecule has 0 aromatic heterocycles. The standard InChI is InChI=1S/C26H32N2O3/c1-3-4-5-20-31-25-13-6-22(7-14-25)8-15-26(30)28-18-16-27(17-19-28)24-11-9-23(10-12-24)21(2)29/h6-15H,3-5,16-20H2,1-2H3. The lowest BCUT2D eigenvalue weighted by atomic mass is 10.1. The second-order valence-electron chi connectivity index (χ2n) is 7.87. The molecule has 3 rings (SSSR count). The fourth-order valence-electron chi connectivity index (χ4n) is 3.58. The summed E-state index contributed by atoms with van der Waals surface area (Å²) in [5, 5.41) is 0. The zero-order chi connectivity index (χ0) is 22.1. The zero-order valence-electron chi connectivity index (χ0n) is 18.5. The number of rotatable bonds is 9. The summed E-state index contributed by atoms with van der Waals surface area (Å²) >= 11 is 0. The van der Waals surface area contributed by atoms with Crippen molar-refractivity contribution in [1.82, 2.24) is 4.90 Å². The largest absolute Gasteiger partial charge is 0.494 e. The fourth-order valence-corrected chi connectivity index (χ4v) is 3.58. The molecule has 1 aliphatic rings. The van der Waals surface area contributed by atoms with Gasteiger partial charge >= 0.3 is 0 Å². The second kappa shape index (κ2) is 11.3. The molecule has 0 saturated carbocycles. The number of ether oxygens (including phenoxy) is 1. The van der Waals surface area contributed by atoms with Crippen LogP contribution in [0.15, 0.2) is 54.6 Å². The minimum atomic E-state index is 0.0338. The first-order valence-corrected chi connectivity index (χ1v) is 11.1. The first kappa shape index (κ1) is 22.6. The van der Waals surface area contributed by atoms with Crippen molar-refractivity contribution in [3.8, 4) is 5.75 Å². The molecular formula is C26H32N2O3. The van der Waals surface area contributed by atoms with E-state index in [4.69, 9.17) is 4.74 Å². The maximum atomic E-state index is 12.6. The van der Waals surface area contributed by atoms with Gasteiger partial charge in [-0.2, -0.15) is 0 Å². The van der Waals surface area contributed by atoms with Crippen LogP contribution in [-0.4, -0.2) is 49.4 Å². The Morgan fingerprint density at radius 3 is 2.23 bits per heavy atom. The van der Waals surface area contributed by atoms with Gasteiger partial charge in [0, 0.05) is 43.5 Å². The number of anilines is 1. The van der Waals surface area contributed by atoms with Gasteiger partial charge in [0.2, 0.25) is 5.91 Å². The van der Waals surface area contributed by atoms with Gasteiger partial charge in [0.05, 0.1) is 6.61 Å². The van der Waals surface area contributed by atoms with Crippen molar-refractivity contribution in [3.05, 3.63) is 65.7 Å². The van der Waals surface area contributed by atoms with E-state index in [0.717, 1.165) is 48.7 Å². The minimum Gasteiger partial charge on any atom is -0.494 e. The van der Waals surface area contributed by atoms with E-state index in [9.17, 15) is 9.59 Å². The van der Waals surface area contributed by atoms with Crippen molar-refractivity contribution in [3.63, 3.8) is 0 Å². The Morgan fingerprint density at radius 2 is 1.61 bits per heavy atom. The smallest absolute Gasteiger partial charge is 0.246 e. The lowest BCUT2D eigenvalue weighted by Crippen LogP contribution is -2.48. The number of piperazine rings is 1. The molecule has 1 aliphatic heterocycles. The van der Waals surface area contributed by atoms with Crippen molar-refractivity contribution in [2.24, 2.45) is 0 Å². The molecule has 1 fully saturated rings. The number of hydrogen-bond acceptors (Lipinski definition) is 4. The summed E-state index contributed by atoms with van der Waals surface area (Å²) in [6, 6.07) is 15.5. The molecule has 0 unspecified atom stereocenters. The van der Waals surface area contributed by atoms with Crippen LogP contribution in [0.4, 0.5) is 5.69 Å². The molecule has 1 amide bonds. The summed E-state index contributed by atoms with van der Waals surface area (Å²) in [4.78, 5) is 28.1. The number of benzene rings is 2. The number of Topliss-reactive ketones (excluding diaryl/α,β-unsaturated/α-hetero) is 1. The van der Waals surface area contributed by atoms with Crippen LogP contribution in [0.3, 0.4) is 0 Å². The predicted octanol–water partition coefficient (Wildman–Crippen LogP) is 4.82. The normalized spacial score (nSPS) is 14.1. The fraction of sp³-hybridized carbons (Fsp3) is 0.385. The van der Waals surface area contributed by atoms with E-state index in [1.54, 1.807) is 13.0 Å². The number of unbranched alkanes of at least 4 members (excludes halogenated alkanes) is 2. The number of nitrogens with zero attached hydrogens (tertiary/aromatic N) is 2. The maximum absolute atomic E-state index is 12.6. The van der Waals surface area contributed by atoms with Gasteiger partial charge in [-0.05, 0) is 61.4 Å². The predicted molar refractivity (Wildman–Crippen MR) is 126 cm³/mol. The quantitative estimate of drug-likeness (QED) is 0.332. The van der Waals surface area contributed by atoms with E-state index in [2.05, 4.69) is 11.8 Å². The van der Waals surface area contributed by atoms with Gasteiger partial charge in [-0.15, -0.1) is 0 Å². The molecule has 1 heterocycles. The molecule has 31 heavy (non-hydrogen) atoms. The van der Waals surface area contributed by atoms with Crippen molar-refractivity contribution in [1.29, 1.82) is 0 Å². The number of carbonyl (C=O) groups excluding carboxylic acids is 2. The first-order valence-electron chi connectivity index (χ1n) is 11.1. The van der Waals surface area contributed by atoms with Crippen LogP contribution >= 0.6 is 0 Å². The zero-order valence-corrected chi connectivity index (χ0v) is 18.5. The van der Waals surface area contributed by atoms with Gasteiger partial charge in [0.25, 0.3) is 0 Å². The van der Waals surface area contributed by atoms with Crippen molar-refractivity contribution in [2.45, 2.75) is 33.1 Å². The number of hydrogen-bond donors (Lipinski definition) is 0. The number of ketones is 1. The highest BCUT2D eigenvalue weighted by atomic mass is 16.5. The molecule has 0 atom stereocenters. The van der Waals surface area contributed by atoms with E-state index in [-0.39, 0.29) is 11.7 Å². The Bertz CT molecular complexity index is 880. The molecule has 0 bridgehead atoms. The Labute approximate surface area is 185 Å². The van der Waals surface area contributed by atoms with Gasteiger partial charge in [-0.3, -0.25) is 9.59 Å². The average molecular weight is 421 g/mol. The molecule has 1 saturated heterocycles. The molecule has 5 nitrogen and oxygen atoms in total. The monoisotopic (exact) mass is 420 g/mol. The molecule has 164 valence electrons. The van der Waals surface area contributed by atoms with Gasteiger partial charge in [0.1, 0.15) is 5.75 Å². The molecule has 5 heteroatoms. The summed E-state index contributed by atoms with van der Waals surface area (Å²) in [7, 11) is 0. The van der Waals surface area contributed by atoms with Gasteiger partial charge < -0.3 is 14.5 Å². The second-order valence-corrected chi connectivity index (χ2v) is 7.87. The molecule has 0 spiro atoms. The minimum absolute atomic E-state index is 0.0338. The van der Waals surface area contributed by atoms with Crippen LogP contribution in [0.2, 0.25) is 0 Å². The Kier molecular flexibility index (Phi) is 8.27. The van der Waals surface area contributed by atoms with Crippen LogP contribution in [0.25, 0.3) is 6.08 Å². The van der Waals surface area contributed by atoms with E-state index < -0.39 is 0 Å². The molecule has 0 radical (unpaired) electrons. The van der Waals surface area contributed by atoms with Crippen molar-refractivity contribution < 1.29 is 14.3 Å². The average Bonchev–Trinajstić information content (AvgIpc) is 2.81. The van der Waals surface area contributed by atoms with Crippen LogP contribution in [0.1, 0.15) is 49.0 Å². The molecular weight excluding hydrogens is 388 g/mol. The van der Waals surface area contributed by atoms with Gasteiger partial charge in [-0.1, -0.05) is 31.9 Å². The number of carbonyl (C=O) groups is 2. The molecule has 0 N–H and O–H groups in total. The molecule has 0 aliphatic carbocycles. The maximum Gasteiger partial charge on any atom is 0.246 e. The summed E-state index contributed by atoms with van der Waals surface area (Å²) in [6.07, 6.45) is 6.95. The topological polar surface area (TPSA) is 49.9 Å². The summed E-state index contributed by atoms with van der Waals surface area (Å²) in [6.45, 7) is 7.42. The Balaban J connectivity index is 1.46. The van der Waals surface area contributed by atoms with E-state index in [0.29, 0.717) is 13.1 Å². The third-order valence-electron chi connectivity index (χ3n) is 5.55. The summed E-state index contributed by atoms with van der Waals surface area (Å²) < 4.78 is 5.73. The first-order chi connectivity index (χ1) is 15.1. The highest BCUT2D eigenvalue weighted by molar-refractivity contribution is 5.94. The van der Waals surface area contributed by atoms with Crippen LogP contribution in [-0.2, 0) is 4.79 Å². The summed E-state index contributed by atoms with van der Waals surface area (Å²) in [5.41, 5.74) is 2.79. The highest BCUT2D eigenvalue weighted by Gasteiger charge is 2.19. The van der Waals surface area contributed by atoms with Crippen molar-refractivity contribution >= 4 is 23.5 Å². The lowest BCUT2D eigenvalue weighted by Gasteiger charge is -2.35. The lowest BCUT2D eigenvalue weighted by molar-refractivity contribution is -0.126. The summed E-state index contributed by atoms with van der Waals surface area (Å²) in [5.74, 6) is 0.974. The SMILES string of the molecule is CCCCCOc1ccc(C=CC(=O)N2CCN(c3ccc(C(C)=O)cc3)CC2)cc1. The van der Waals surface area contributed by atoms with E-state index >= 15 is 0 Å². The highest BCUT2D eigenvalue weighted by Crippen LogP contribution is 2.18.